The molecule has 0 saturated carbocycles. The number of sulfone groups is 1. The van der Waals surface area contributed by atoms with Crippen molar-refractivity contribution in [1.82, 2.24) is 0 Å². The lowest BCUT2D eigenvalue weighted by molar-refractivity contribution is 0.326. The molecule has 22 heavy (non-hydrogen) atoms. The van der Waals surface area contributed by atoms with Crippen molar-refractivity contribution in [3.63, 3.8) is 0 Å². The maximum atomic E-state index is 12.3. The molecule has 0 spiro atoms. The van der Waals surface area contributed by atoms with E-state index in [4.69, 9.17) is 10.00 Å². The molecule has 0 aromatic heterocycles. The monoisotopic (exact) mass is 317 g/mol. The van der Waals surface area contributed by atoms with Crippen molar-refractivity contribution in [3.05, 3.63) is 35.9 Å². The fourth-order valence-corrected chi connectivity index (χ4v) is 5.50. The van der Waals surface area contributed by atoms with E-state index in [1.165, 1.54) is 0 Å². The zero-order valence-corrected chi connectivity index (χ0v) is 13.2. The highest BCUT2D eigenvalue weighted by atomic mass is 32.2. The maximum absolute atomic E-state index is 12.3. The van der Waals surface area contributed by atoms with E-state index in [0.717, 1.165) is 36.1 Å². The van der Waals surface area contributed by atoms with Gasteiger partial charge in [0.2, 0.25) is 0 Å². The molecular weight excluding hydrogens is 298 g/mol. The summed E-state index contributed by atoms with van der Waals surface area (Å²) in [6.45, 7) is 0.390. The van der Waals surface area contributed by atoms with Gasteiger partial charge in [0.25, 0.3) is 0 Å². The summed E-state index contributed by atoms with van der Waals surface area (Å²) in [4.78, 5) is 0. The minimum atomic E-state index is -2.96. The van der Waals surface area contributed by atoms with Crippen molar-refractivity contribution in [1.29, 1.82) is 5.26 Å². The molecule has 5 heteroatoms. The third-order valence-electron chi connectivity index (χ3n) is 4.44. The molecule has 0 amide bonds. The predicted molar refractivity (Wildman–Crippen MR) is 85.1 cm³/mol. The first-order chi connectivity index (χ1) is 10.6. The van der Waals surface area contributed by atoms with Crippen LogP contribution >= 0.6 is 0 Å². The number of hydrogen-bond donors (Lipinski definition) is 0. The first-order valence-corrected chi connectivity index (χ1v) is 9.26. The Morgan fingerprint density at radius 2 is 2.00 bits per heavy atom. The van der Waals surface area contributed by atoms with E-state index < -0.39 is 9.84 Å². The van der Waals surface area contributed by atoms with Crippen LogP contribution in [0.4, 0.5) is 0 Å². The first kappa shape index (κ1) is 15.1. The number of fused-ring (bicyclic) bond motifs is 2. The normalized spacial score (nSPS) is 25.9. The summed E-state index contributed by atoms with van der Waals surface area (Å²) < 4.78 is 30.0. The Bertz CT molecular complexity index is 713. The summed E-state index contributed by atoms with van der Waals surface area (Å²) in [6, 6.07) is 9.75. The highest BCUT2D eigenvalue weighted by molar-refractivity contribution is 7.93. The summed E-state index contributed by atoms with van der Waals surface area (Å²) in [5.41, 5.74) is 2.20. The lowest BCUT2D eigenvalue weighted by Crippen LogP contribution is -2.38. The SMILES string of the molecule is N#CCCOc1ccc(C2=CC3CCCC(C2)S3(=O)=O)cc1. The molecule has 0 radical (unpaired) electrons. The van der Waals surface area contributed by atoms with Crippen LogP contribution in [0, 0.1) is 11.3 Å². The Balaban J connectivity index is 1.78. The molecule has 2 aliphatic heterocycles. The number of nitrogens with zero attached hydrogens (tertiary/aromatic N) is 1. The van der Waals surface area contributed by atoms with Crippen molar-refractivity contribution in [2.45, 2.75) is 42.6 Å². The smallest absolute Gasteiger partial charge is 0.159 e. The zero-order valence-electron chi connectivity index (χ0n) is 12.4. The highest BCUT2D eigenvalue weighted by Gasteiger charge is 2.40. The molecule has 4 nitrogen and oxygen atoms in total. The van der Waals surface area contributed by atoms with Crippen LogP contribution in [-0.2, 0) is 9.84 Å². The van der Waals surface area contributed by atoms with Gasteiger partial charge in [-0.2, -0.15) is 5.26 Å². The second-order valence-corrected chi connectivity index (χ2v) is 8.31. The van der Waals surface area contributed by atoms with E-state index in [1.807, 2.05) is 36.4 Å². The van der Waals surface area contributed by atoms with Crippen LogP contribution in [0.1, 0.15) is 37.7 Å². The fraction of sp³-hybridized carbons (Fsp3) is 0.471. The van der Waals surface area contributed by atoms with Gasteiger partial charge in [0.05, 0.1) is 23.0 Å². The van der Waals surface area contributed by atoms with Gasteiger partial charge in [0, 0.05) is 0 Å². The molecule has 1 aromatic rings. The van der Waals surface area contributed by atoms with Crippen LogP contribution in [0.2, 0.25) is 0 Å². The Kier molecular flexibility index (Phi) is 4.21. The summed E-state index contributed by atoms with van der Waals surface area (Å²) in [6.07, 6.45) is 5.46. The van der Waals surface area contributed by atoms with Gasteiger partial charge in [-0.25, -0.2) is 8.42 Å². The van der Waals surface area contributed by atoms with Crippen LogP contribution in [0.5, 0.6) is 5.75 Å². The number of rotatable bonds is 4. The van der Waals surface area contributed by atoms with Gasteiger partial charge in [0.1, 0.15) is 12.4 Å². The molecule has 1 saturated heterocycles. The molecular formula is C17H19NO3S. The Morgan fingerprint density at radius 3 is 2.68 bits per heavy atom. The predicted octanol–water partition coefficient (Wildman–Crippen LogP) is 3.10. The minimum absolute atomic E-state index is 0.210. The maximum Gasteiger partial charge on any atom is 0.159 e. The Morgan fingerprint density at radius 1 is 1.23 bits per heavy atom. The summed E-state index contributed by atoms with van der Waals surface area (Å²) in [7, 11) is -2.96. The average Bonchev–Trinajstić information content (AvgIpc) is 2.47. The van der Waals surface area contributed by atoms with Crippen molar-refractivity contribution >= 4 is 15.4 Å². The molecule has 2 unspecified atom stereocenters. The topological polar surface area (TPSA) is 67.2 Å². The van der Waals surface area contributed by atoms with E-state index in [9.17, 15) is 8.42 Å². The van der Waals surface area contributed by atoms with Gasteiger partial charge in [-0.05, 0) is 42.5 Å². The number of allylic oxidation sites excluding steroid dienone is 1. The van der Waals surface area contributed by atoms with E-state index >= 15 is 0 Å². The van der Waals surface area contributed by atoms with Gasteiger partial charge in [-0.1, -0.05) is 24.6 Å². The number of ether oxygens (including phenoxy) is 1. The lowest BCUT2D eigenvalue weighted by atomic mass is 9.93. The van der Waals surface area contributed by atoms with Crippen LogP contribution in [-0.4, -0.2) is 25.5 Å². The first-order valence-electron chi connectivity index (χ1n) is 7.65. The molecule has 1 aromatic carbocycles. The zero-order chi connectivity index (χ0) is 15.6. The van der Waals surface area contributed by atoms with Crippen LogP contribution in [0.15, 0.2) is 30.3 Å². The molecule has 1 fully saturated rings. The summed E-state index contributed by atoms with van der Waals surface area (Å²) >= 11 is 0. The quantitative estimate of drug-likeness (QED) is 0.800. The van der Waals surface area contributed by atoms with Crippen molar-refractivity contribution in [3.8, 4) is 11.8 Å². The molecule has 2 atom stereocenters. The van der Waals surface area contributed by atoms with Crippen LogP contribution in [0.25, 0.3) is 5.57 Å². The van der Waals surface area contributed by atoms with E-state index in [2.05, 4.69) is 0 Å². The van der Waals surface area contributed by atoms with Gasteiger partial charge in [-0.3, -0.25) is 0 Å². The number of hydrogen-bond acceptors (Lipinski definition) is 4. The molecule has 116 valence electrons. The lowest BCUT2D eigenvalue weighted by Gasteiger charge is -2.33. The fourth-order valence-electron chi connectivity index (χ4n) is 3.25. The molecule has 0 N–H and O–H groups in total. The third-order valence-corrected chi connectivity index (χ3v) is 6.99. The van der Waals surface area contributed by atoms with Crippen LogP contribution in [0.3, 0.4) is 0 Å². The largest absolute Gasteiger partial charge is 0.493 e. The number of nitriles is 1. The van der Waals surface area contributed by atoms with Gasteiger partial charge in [0.15, 0.2) is 9.84 Å². The standard InChI is InChI=1S/C17H19NO3S/c18-9-2-10-21-15-7-5-13(6-8-15)14-11-16-3-1-4-17(12-14)22(16,19)20/h5-8,11,16-17H,1-4,10,12H2. The Labute approximate surface area is 131 Å². The van der Waals surface area contributed by atoms with Gasteiger partial charge in [-0.15, -0.1) is 0 Å². The molecule has 2 aliphatic rings. The summed E-state index contributed by atoms with van der Waals surface area (Å²) in [5, 5.41) is 7.98. The third kappa shape index (κ3) is 2.89. The second-order valence-electron chi connectivity index (χ2n) is 5.86. The number of benzene rings is 1. The van der Waals surface area contributed by atoms with Crippen molar-refractivity contribution in [2.24, 2.45) is 0 Å². The van der Waals surface area contributed by atoms with Gasteiger partial charge < -0.3 is 4.74 Å². The minimum Gasteiger partial charge on any atom is -0.493 e. The molecule has 0 aliphatic carbocycles. The van der Waals surface area contributed by atoms with E-state index in [1.54, 1.807) is 0 Å². The molecule has 2 bridgehead atoms. The van der Waals surface area contributed by atoms with Crippen molar-refractivity contribution in [2.75, 3.05) is 6.61 Å². The average molecular weight is 317 g/mol. The Hall–Kier alpha value is -1.80. The summed E-state index contributed by atoms with van der Waals surface area (Å²) in [5.74, 6) is 0.739. The van der Waals surface area contributed by atoms with E-state index in [0.29, 0.717) is 19.4 Å². The van der Waals surface area contributed by atoms with E-state index in [-0.39, 0.29) is 10.5 Å². The highest BCUT2D eigenvalue weighted by Crippen LogP contribution is 2.39. The van der Waals surface area contributed by atoms with Crippen molar-refractivity contribution < 1.29 is 13.2 Å². The molecule has 3 rings (SSSR count). The van der Waals surface area contributed by atoms with Gasteiger partial charge >= 0.3 is 0 Å². The van der Waals surface area contributed by atoms with Crippen LogP contribution < -0.4 is 4.74 Å². The second kappa shape index (κ2) is 6.13. The molecule has 2 heterocycles.